The maximum absolute atomic E-state index is 13.3. The fraction of sp³-hybridized carbons (Fsp3) is 0.429. The van der Waals surface area contributed by atoms with Crippen LogP contribution < -0.4 is 10.5 Å². The summed E-state index contributed by atoms with van der Waals surface area (Å²) in [6.07, 6.45) is 7.33. The van der Waals surface area contributed by atoms with E-state index in [4.69, 9.17) is 5.73 Å². The van der Waals surface area contributed by atoms with E-state index in [1.807, 2.05) is 0 Å². The van der Waals surface area contributed by atoms with Gasteiger partial charge in [-0.15, -0.1) is 0 Å². The van der Waals surface area contributed by atoms with Crippen LogP contribution in [0.4, 0.5) is 10.1 Å². The molecule has 0 bridgehead atoms. The van der Waals surface area contributed by atoms with Crippen LogP contribution in [0.2, 0.25) is 0 Å². The van der Waals surface area contributed by atoms with E-state index in [0.717, 1.165) is 25.3 Å². The minimum Gasteiger partial charge on any atom is -0.395 e. The largest absolute Gasteiger partial charge is 0.395 e. The molecule has 0 spiro atoms. The first-order valence-corrected chi connectivity index (χ1v) is 8.20. The summed E-state index contributed by atoms with van der Waals surface area (Å²) in [5.74, 6) is -0.720. The average Bonchev–Trinajstić information content (AvgIpc) is 2.42. The normalized spacial score (nSPS) is 15.9. The van der Waals surface area contributed by atoms with Gasteiger partial charge < -0.3 is 5.73 Å². The molecule has 0 fully saturated rings. The summed E-state index contributed by atoms with van der Waals surface area (Å²) in [6.45, 7) is 0.310. The Hall–Kier alpha value is -1.40. The monoisotopic (exact) mass is 298 g/mol. The van der Waals surface area contributed by atoms with Gasteiger partial charge in [-0.05, 0) is 44.2 Å². The lowest BCUT2D eigenvalue weighted by atomic mass is 9.97. The van der Waals surface area contributed by atoms with E-state index in [9.17, 15) is 12.8 Å². The van der Waals surface area contributed by atoms with Crippen molar-refractivity contribution in [3.8, 4) is 0 Å². The second-order valence-electron chi connectivity index (χ2n) is 4.91. The Morgan fingerprint density at radius 1 is 1.30 bits per heavy atom. The summed E-state index contributed by atoms with van der Waals surface area (Å²) < 4.78 is 39.9. The van der Waals surface area contributed by atoms with Crippen LogP contribution in [-0.4, -0.2) is 15.0 Å². The number of hydrogen-bond donors (Lipinski definition) is 2. The fourth-order valence-corrected chi connectivity index (χ4v) is 3.48. The lowest BCUT2D eigenvalue weighted by Crippen LogP contribution is -2.26. The van der Waals surface area contributed by atoms with E-state index >= 15 is 0 Å². The number of sulfonamides is 1. The number of anilines is 1. The molecule has 0 aromatic heterocycles. The molecule has 0 atom stereocenters. The zero-order valence-corrected chi connectivity index (χ0v) is 12.0. The Kier molecular flexibility index (Phi) is 4.77. The fourth-order valence-electron chi connectivity index (χ4n) is 2.31. The number of halogens is 1. The van der Waals surface area contributed by atoms with Crippen LogP contribution in [0.25, 0.3) is 0 Å². The smallest absolute Gasteiger partial charge is 0.242 e. The molecule has 20 heavy (non-hydrogen) atoms. The van der Waals surface area contributed by atoms with E-state index in [1.54, 1.807) is 0 Å². The third-order valence-corrected chi connectivity index (χ3v) is 4.94. The third kappa shape index (κ3) is 3.58. The van der Waals surface area contributed by atoms with Gasteiger partial charge in [0.05, 0.1) is 5.69 Å². The zero-order valence-electron chi connectivity index (χ0n) is 11.2. The number of hydrogen-bond acceptors (Lipinski definition) is 3. The van der Waals surface area contributed by atoms with Gasteiger partial charge in [-0.1, -0.05) is 17.7 Å². The molecule has 0 saturated heterocycles. The minimum atomic E-state index is -3.76. The van der Waals surface area contributed by atoms with E-state index in [2.05, 4.69) is 10.8 Å². The number of nitrogens with one attached hydrogen (secondary N) is 1. The Balaban J connectivity index is 2.00. The Morgan fingerprint density at radius 3 is 2.80 bits per heavy atom. The molecule has 0 heterocycles. The molecule has 6 heteroatoms. The highest BCUT2D eigenvalue weighted by Gasteiger charge is 2.19. The van der Waals surface area contributed by atoms with Gasteiger partial charge in [-0.3, -0.25) is 0 Å². The number of benzene rings is 1. The number of nitrogen functional groups attached to an aromatic ring is 1. The molecule has 1 aliphatic carbocycles. The molecule has 1 aliphatic rings. The van der Waals surface area contributed by atoms with E-state index in [1.165, 1.54) is 24.1 Å². The van der Waals surface area contributed by atoms with Crippen molar-refractivity contribution >= 4 is 15.7 Å². The van der Waals surface area contributed by atoms with E-state index in [0.29, 0.717) is 13.0 Å². The molecular weight excluding hydrogens is 279 g/mol. The number of nitrogens with two attached hydrogens (primary N) is 1. The van der Waals surface area contributed by atoms with Crippen molar-refractivity contribution in [3.63, 3.8) is 0 Å². The molecule has 110 valence electrons. The Morgan fingerprint density at radius 2 is 2.10 bits per heavy atom. The van der Waals surface area contributed by atoms with Crippen molar-refractivity contribution in [2.24, 2.45) is 0 Å². The molecule has 0 unspecified atom stereocenters. The molecule has 3 N–H and O–H groups in total. The van der Waals surface area contributed by atoms with Crippen LogP contribution in [0, 0.1) is 5.82 Å². The maximum Gasteiger partial charge on any atom is 0.242 e. The number of rotatable bonds is 5. The summed E-state index contributed by atoms with van der Waals surface area (Å²) in [4.78, 5) is -0.199. The lowest BCUT2D eigenvalue weighted by molar-refractivity contribution is 0.577. The van der Waals surface area contributed by atoms with Crippen LogP contribution >= 0.6 is 0 Å². The van der Waals surface area contributed by atoms with E-state index in [-0.39, 0.29) is 10.6 Å². The topological polar surface area (TPSA) is 72.2 Å². The molecule has 0 aliphatic heterocycles. The van der Waals surface area contributed by atoms with Crippen molar-refractivity contribution in [2.45, 2.75) is 37.0 Å². The van der Waals surface area contributed by atoms with Crippen LogP contribution in [0.5, 0.6) is 0 Å². The van der Waals surface area contributed by atoms with Crippen molar-refractivity contribution in [1.29, 1.82) is 0 Å². The highest BCUT2D eigenvalue weighted by molar-refractivity contribution is 7.89. The third-order valence-electron chi connectivity index (χ3n) is 3.43. The molecule has 0 radical (unpaired) electrons. The van der Waals surface area contributed by atoms with Gasteiger partial charge in [0.15, 0.2) is 0 Å². The average molecular weight is 298 g/mol. The highest BCUT2D eigenvalue weighted by atomic mass is 32.2. The molecule has 0 saturated carbocycles. The first kappa shape index (κ1) is 15.0. The maximum atomic E-state index is 13.3. The molecule has 1 aromatic rings. The second kappa shape index (κ2) is 6.37. The van der Waals surface area contributed by atoms with Gasteiger partial charge >= 0.3 is 0 Å². The SMILES string of the molecule is Nc1c(F)cccc1S(=O)(=O)NCCC1=CCCCC1. The van der Waals surface area contributed by atoms with Crippen molar-refractivity contribution in [3.05, 3.63) is 35.7 Å². The van der Waals surface area contributed by atoms with Crippen LogP contribution in [0.1, 0.15) is 32.1 Å². The van der Waals surface area contributed by atoms with Gasteiger partial charge in [0.2, 0.25) is 10.0 Å². The first-order valence-electron chi connectivity index (χ1n) is 6.72. The highest BCUT2D eigenvalue weighted by Crippen LogP contribution is 2.22. The Bertz CT molecular complexity index is 612. The first-order chi connectivity index (χ1) is 9.50. The van der Waals surface area contributed by atoms with Gasteiger partial charge in [0.25, 0.3) is 0 Å². The lowest BCUT2D eigenvalue weighted by Gasteiger charge is -2.13. The molecular formula is C14H19FN2O2S. The van der Waals surface area contributed by atoms with Crippen molar-refractivity contribution in [1.82, 2.24) is 4.72 Å². The number of para-hydroxylation sites is 1. The van der Waals surface area contributed by atoms with Gasteiger partial charge in [-0.25, -0.2) is 17.5 Å². The zero-order chi connectivity index (χ0) is 14.6. The van der Waals surface area contributed by atoms with Crippen LogP contribution in [0.15, 0.2) is 34.7 Å². The summed E-state index contributed by atoms with van der Waals surface area (Å²) in [7, 11) is -3.76. The standard InChI is InChI=1S/C14H19FN2O2S/c15-12-7-4-8-13(14(12)16)20(18,19)17-10-9-11-5-2-1-3-6-11/h4-5,7-8,17H,1-3,6,9-10,16H2. The molecule has 0 amide bonds. The second-order valence-corrected chi connectivity index (χ2v) is 6.64. The van der Waals surface area contributed by atoms with Crippen LogP contribution in [0.3, 0.4) is 0 Å². The predicted molar refractivity (Wildman–Crippen MR) is 77.2 cm³/mol. The van der Waals surface area contributed by atoms with Gasteiger partial charge in [-0.2, -0.15) is 0 Å². The van der Waals surface area contributed by atoms with Crippen molar-refractivity contribution in [2.75, 3.05) is 12.3 Å². The predicted octanol–water partition coefficient (Wildman–Crippen LogP) is 2.58. The quantitative estimate of drug-likeness (QED) is 0.648. The molecule has 1 aromatic carbocycles. The van der Waals surface area contributed by atoms with Gasteiger partial charge in [0.1, 0.15) is 10.7 Å². The van der Waals surface area contributed by atoms with Gasteiger partial charge in [0, 0.05) is 6.54 Å². The molecule has 4 nitrogen and oxygen atoms in total. The molecule has 2 rings (SSSR count). The Labute approximate surface area is 118 Å². The van der Waals surface area contributed by atoms with Crippen molar-refractivity contribution < 1.29 is 12.8 Å². The summed E-state index contributed by atoms with van der Waals surface area (Å²) in [5, 5.41) is 0. The van der Waals surface area contributed by atoms with E-state index < -0.39 is 15.8 Å². The number of allylic oxidation sites excluding steroid dienone is 1. The van der Waals surface area contributed by atoms with Crippen LogP contribution in [-0.2, 0) is 10.0 Å². The summed E-state index contributed by atoms with van der Waals surface area (Å²) >= 11 is 0. The summed E-state index contributed by atoms with van der Waals surface area (Å²) in [5.41, 5.74) is 6.42. The summed E-state index contributed by atoms with van der Waals surface area (Å²) in [6, 6.07) is 3.78. The minimum absolute atomic E-state index is 0.199.